The molecular weight excluding hydrogens is 366 g/mol. The molecule has 6 heteroatoms. The van der Waals surface area contributed by atoms with Crippen molar-refractivity contribution in [2.45, 2.75) is 63.4 Å². The molecular formula is C23H27N3O3. The van der Waals surface area contributed by atoms with E-state index in [1.54, 1.807) is 13.1 Å². The van der Waals surface area contributed by atoms with Crippen molar-refractivity contribution in [2.24, 2.45) is 0 Å². The van der Waals surface area contributed by atoms with Gasteiger partial charge >= 0.3 is 0 Å². The summed E-state index contributed by atoms with van der Waals surface area (Å²) >= 11 is 0. The molecule has 0 aliphatic carbocycles. The maximum absolute atomic E-state index is 11.4. The molecule has 2 saturated heterocycles. The second-order valence-corrected chi connectivity index (χ2v) is 8.39. The molecule has 4 heterocycles. The van der Waals surface area contributed by atoms with Gasteiger partial charge in [-0.05, 0) is 48.9 Å². The second-order valence-electron chi connectivity index (χ2n) is 8.39. The first-order chi connectivity index (χ1) is 14.2. The Labute approximate surface area is 171 Å². The van der Waals surface area contributed by atoms with E-state index in [0.29, 0.717) is 36.4 Å². The molecule has 3 aliphatic heterocycles. The van der Waals surface area contributed by atoms with Gasteiger partial charge in [0.2, 0.25) is 5.91 Å². The first-order valence-corrected chi connectivity index (χ1v) is 10.5. The van der Waals surface area contributed by atoms with E-state index in [-0.39, 0.29) is 12.0 Å². The van der Waals surface area contributed by atoms with Crippen LogP contribution in [-0.4, -0.2) is 40.5 Å². The highest BCUT2D eigenvalue weighted by atomic mass is 16.6. The molecule has 0 spiro atoms. The van der Waals surface area contributed by atoms with Crippen LogP contribution in [0.4, 0.5) is 0 Å². The Morgan fingerprint density at radius 2 is 1.93 bits per heavy atom. The molecule has 1 unspecified atom stereocenters. The number of ether oxygens (including phenoxy) is 2. The second kappa shape index (κ2) is 7.67. The molecule has 4 atom stereocenters. The van der Waals surface area contributed by atoms with E-state index in [2.05, 4.69) is 39.5 Å². The lowest BCUT2D eigenvalue weighted by atomic mass is 9.96. The predicted octanol–water partition coefficient (Wildman–Crippen LogP) is 3.23. The van der Waals surface area contributed by atoms with Gasteiger partial charge in [-0.1, -0.05) is 24.3 Å². The molecule has 1 amide bonds. The minimum atomic E-state index is -0.129. The first kappa shape index (κ1) is 18.4. The van der Waals surface area contributed by atoms with Crippen LogP contribution in [-0.2, 0) is 11.3 Å². The van der Waals surface area contributed by atoms with Gasteiger partial charge in [-0.25, -0.2) is 4.98 Å². The highest BCUT2D eigenvalue weighted by molar-refractivity contribution is 5.73. The molecule has 29 heavy (non-hydrogen) atoms. The summed E-state index contributed by atoms with van der Waals surface area (Å²) in [4.78, 5) is 18.3. The summed E-state index contributed by atoms with van der Waals surface area (Å²) in [6.07, 6.45) is 6.19. The Morgan fingerprint density at radius 1 is 1.17 bits per heavy atom. The third-order valence-electron chi connectivity index (χ3n) is 6.39. The van der Waals surface area contributed by atoms with E-state index in [0.717, 1.165) is 24.9 Å². The Hall–Kier alpha value is -2.60. The van der Waals surface area contributed by atoms with Crippen LogP contribution >= 0.6 is 0 Å². The summed E-state index contributed by atoms with van der Waals surface area (Å²) in [5, 5.41) is 3.12. The van der Waals surface area contributed by atoms with Crippen LogP contribution in [0.15, 0.2) is 42.6 Å². The molecule has 3 aliphatic rings. The number of pyridine rings is 1. The zero-order valence-electron chi connectivity index (χ0n) is 16.7. The molecule has 0 saturated carbocycles. The average Bonchev–Trinajstić information content (AvgIpc) is 2.95. The molecule has 1 aromatic carbocycles. The fraction of sp³-hybridized carbons (Fsp3) is 0.478. The fourth-order valence-electron chi connectivity index (χ4n) is 5.06. The third-order valence-corrected chi connectivity index (χ3v) is 6.39. The van der Waals surface area contributed by atoms with E-state index < -0.39 is 0 Å². The SMILES string of the molecule is CC(=O)NC1C[C@H]2CC[C@@H](C1)N2Cc1ccc([C@H]2COc3cccnc3O2)cc1. The minimum absolute atomic E-state index is 0.0881. The maximum Gasteiger partial charge on any atom is 0.257 e. The quantitative estimate of drug-likeness (QED) is 0.864. The molecule has 6 nitrogen and oxygen atoms in total. The monoisotopic (exact) mass is 393 g/mol. The standard InChI is InChI=1S/C23H27N3O3/c1-15(27)25-18-11-19-8-9-20(12-18)26(19)13-16-4-6-17(7-5-16)22-14-28-21-3-2-10-24-23(21)29-22/h2-7,10,18-20,22H,8-9,11-14H2,1H3,(H,25,27)/t18?,19-,20+,22-/m1/s1. The van der Waals surface area contributed by atoms with Gasteiger partial charge in [-0.15, -0.1) is 0 Å². The largest absolute Gasteiger partial charge is 0.484 e. The van der Waals surface area contributed by atoms with Crippen molar-refractivity contribution in [3.8, 4) is 11.6 Å². The molecule has 0 radical (unpaired) electrons. The van der Waals surface area contributed by atoms with Crippen molar-refractivity contribution >= 4 is 5.91 Å². The van der Waals surface area contributed by atoms with E-state index >= 15 is 0 Å². The van der Waals surface area contributed by atoms with E-state index in [1.807, 2.05) is 12.1 Å². The minimum Gasteiger partial charge on any atom is -0.484 e. The zero-order chi connectivity index (χ0) is 19.8. The van der Waals surface area contributed by atoms with Gasteiger partial charge in [-0.2, -0.15) is 0 Å². The highest BCUT2D eigenvalue weighted by Crippen LogP contribution is 2.37. The molecule has 152 valence electrons. The van der Waals surface area contributed by atoms with Crippen LogP contribution in [0.5, 0.6) is 11.6 Å². The normalized spacial score (nSPS) is 28.2. The van der Waals surface area contributed by atoms with Gasteiger partial charge in [0, 0.05) is 37.8 Å². The van der Waals surface area contributed by atoms with Crippen LogP contribution in [0.2, 0.25) is 0 Å². The van der Waals surface area contributed by atoms with Crippen molar-refractivity contribution in [2.75, 3.05) is 6.61 Å². The summed E-state index contributed by atoms with van der Waals surface area (Å²) in [7, 11) is 0. The maximum atomic E-state index is 11.4. The Morgan fingerprint density at radius 3 is 2.66 bits per heavy atom. The van der Waals surface area contributed by atoms with Gasteiger partial charge in [0.25, 0.3) is 5.88 Å². The number of piperidine rings is 1. The van der Waals surface area contributed by atoms with E-state index in [4.69, 9.17) is 9.47 Å². The number of nitrogens with zero attached hydrogens (tertiary/aromatic N) is 2. The van der Waals surface area contributed by atoms with Crippen molar-refractivity contribution < 1.29 is 14.3 Å². The van der Waals surface area contributed by atoms with Gasteiger partial charge < -0.3 is 14.8 Å². The van der Waals surface area contributed by atoms with Crippen LogP contribution < -0.4 is 14.8 Å². The lowest BCUT2D eigenvalue weighted by molar-refractivity contribution is -0.120. The fourth-order valence-corrected chi connectivity index (χ4v) is 5.06. The molecule has 2 aromatic rings. The summed E-state index contributed by atoms with van der Waals surface area (Å²) in [6.45, 7) is 3.08. The number of fused-ring (bicyclic) bond motifs is 3. The van der Waals surface area contributed by atoms with Crippen molar-refractivity contribution in [3.63, 3.8) is 0 Å². The third kappa shape index (κ3) is 3.81. The van der Waals surface area contributed by atoms with Crippen LogP contribution in [0, 0.1) is 0 Å². The van der Waals surface area contributed by atoms with Gasteiger partial charge in [0.15, 0.2) is 11.9 Å². The lowest BCUT2D eigenvalue weighted by Gasteiger charge is -2.39. The van der Waals surface area contributed by atoms with Crippen molar-refractivity contribution in [1.29, 1.82) is 0 Å². The number of nitrogens with one attached hydrogen (secondary N) is 1. The summed E-state index contributed by atoms with van der Waals surface area (Å²) in [5.74, 6) is 1.36. The lowest BCUT2D eigenvalue weighted by Crippen LogP contribution is -2.49. The topological polar surface area (TPSA) is 63.7 Å². The molecule has 5 rings (SSSR count). The Kier molecular flexibility index (Phi) is 4.87. The average molecular weight is 393 g/mol. The summed E-state index contributed by atoms with van der Waals surface area (Å²) < 4.78 is 11.8. The molecule has 1 N–H and O–H groups in total. The number of carbonyl (C=O) groups excluding carboxylic acids is 1. The van der Waals surface area contributed by atoms with Crippen molar-refractivity contribution in [3.05, 3.63) is 53.7 Å². The van der Waals surface area contributed by atoms with Gasteiger partial charge in [-0.3, -0.25) is 9.69 Å². The number of hydrogen-bond acceptors (Lipinski definition) is 5. The number of carbonyl (C=O) groups is 1. The number of rotatable bonds is 4. The van der Waals surface area contributed by atoms with Crippen molar-refractivity contribution in [1.82, 2.24) is 15.2 Å². The zero-order valence-corrected chi connectivity index (χ0v) is 16.7. The summed E-state index contributed by atoms with van der Waals surface area (Å²) in [6, 6.07) is 13.9. The number of aromatic nitrogens is 1. The Balaban J connectivity index is 1.22. The van der Waals surface area contributed by atoms with Crippen LogP contribution in [0.3, 0.4) is 0 Å². The Bertz CT molecular complexity index is 871. The molecule has 1 aromatic heterocycles. The van der Waals surface area contributed by atoms with E-state index in [1.165, 1.54) is 18.4 Å². The molecule has 2 fully saturated rings. The van der Waals surface area contributed by atoms with Gasteiger partial charge in [0.05, 0.1) is 0 Å². The first-order valence-electron chi connectivity index (χ1n) is 10.5. The molecule has 2 bridgehead atoms. The van der Waals surface area contributed by atoms with Crippen LogP contribution in [0.25, 0.3) is 0 Å². The summed E-state index contributed by atoms with van der Waals surface area (Å²) in [5.41, 5.74) is 2.43. The smallest absolute Gasteiger partial charge is 0.257 e. The predicted molar refractivity (Wildman–Crippen MR) is 109 cm³/mol. The number of benzene rings is 1. The number of amides is 1. The highest BCUT2D eigenvalue weighted by Gasteiger charge is 2.40. The van der Waals surface area contributed by atoms with Crippen LogP contribution in [0.1, 0.15) is 49.8 Å². The number of hydrogen-bond donors (Lipinski definition) is 1. The van der Waals surface area contributed by atoms with Gasteiger partial charge in [0.1, 0.15) is 6.61 Å². The van der Waals surface area contributed by atoms with E-state index in [9.17, 15) is 4.79 Å².